The molecule has 0 atom stereocenters. The Kier molecular flexibility index (Phi) is 4.41. The molecule has 2 rings (SSSR count). The van der Waals surface area contributed by atoms with Gasteiger partial charge in [0.25, 0.3) is 0 Å². The van der Waals surface area contributed by atoms with Crippen LogP contribution >= 0.6 is 0 Å². The lowest BCUT2D eigenvalue weighted by Crippen LogP contribution is -2.32. The predicted octanol–water partition coefficient (Wildman–Crippen LogP) is 2.68. The van der Waals surface area contributed by atoms with Gasteiger partial charge in [0.05, 0.1) is 0 Å². The van der Waals surface area contributed by atoms with Crippen LogP contribution in [0.2, 0.25) is 0 Å². The lowest BCUT2D eigenvalue weighted by atomic mass is 10.1. The fourth-order valence-electron chi connectivity index (χ4n) is 2.76. The van der Waals surface area contributed by atoms with Gasteiger partial charge in [-0.1, -0.05) is 31.2 Å². The molecule has 18 heavy (non-hydrogen) atoms. The van der Waals surface area contributed by atoms with Crippen molar-refractivity contribution in [2.24, 2.45) is 5.41 Å². The second-order valence-corrected chi connectivity index (χ2v) is 5.87. The molecular formula is C16H26N2. The molecule has 100 valence electrons. The molecule has 0 saturated heterocycles. The van der Waals surface area contributed by atoms with Crippen molar-refractivity contribution in [1.29, 1.82) is 0 Å². The quantitative estimate of drug-likeness (QED) is 0.796. The van der Waals surface area contributed by atoms with E-state index in [2.05, 4.69) is 55.5 Å². The Morgan fingerprint density at radius 2 is 1.78 bits per heavy atom. The minimum absolute atomic E-state index is 0.562. The third kappa shape index (κ3) is 3.56. The van der Waals surface area contributed by atoms with Gasteiger partial charge in [-0.15, -0.1) is 0 Å². The number of hydrogen-bond donors (Lipinski definition) is 1. The van der Waals surface area contributed by atoms with E-state index in [9.17, 15) is 0 Å². The first kappa shape index (κ1) is 13.6. The lowest BCUT2D eigenvalue weighted by molar-refractivity contribution is 0.252. The average Bonchev–Trinajstić information content (AvgIpc) is 3.10. The molecule has 0 spiro atoms. The Balaban J connectivity index is 1.84. The van der Waals surface area contributed by atoms with E-state index < -0.39 is 0 Å². The highest BCUT2D eigenvalue weighted by atomic mass is 15.1. The van der Waals surface area contributed by atoms with Crippen molar-refractivity contribution in [2.45, 2.75) is 32.7 Å². The molecule has 0 bridgehead atoms. The molecular weight excluding hydrogens is 220 g/mol. The molecule has 0 aliphatic heterocycles. The summed E-state index contributed by atoms with van der Waals surface area (Å²) in [6.07, 6.45) is 3.89. The Bertz CT molecular complexity index is 365. The molecule has 0 radical (unpaired) electrons. The number of nitrogens with one attached hydrogen (secondary N) is 1. The molecule has 2 nitrogen and oxygen atoms in total. The molecule has 2 heteroatoms. The minimum Gasteiger partial charge on any atom is -0.319 e. The highest BCUT2D eigenvalue weighted by Crippen LogP contribution is 2.45. The molecule has 0 amide bonds. The first-order valence-electron chi connectivity index (χ1n) is 7.08. The Hall–Kier alpha value is -0.860. The zero-order valence-electron chi connectivity index (χ0n) is 12.0. The van der Waals surface area contributed by atoms with Crippen molar-refractivity contribution >= 4 is 0 Å². The smallest absolute Gasteiger partial charge is 0.0230 e. The minimum atomic E-state index is 0.562. The maximum atomic E-state index is 3.33. The van der Waals surface area contributed by atoms with Crippen LogP contribution in [0.4, 0.5) is 0 Å². The van der Waals surface area contributed by atoms with Gasteiger partial charge in [0.15, 0.2) is 0 Å². The predicted molar refractivity (Wildman–Crippen MR) is 77.7 cm³/mol. The average molecular weight is 246 g/mol. The van der Waals surface area contributed by atoms with E-state index in [1.807, 2.05) is 0 Å². The van der Waals surface area contributed by atoms with E-state index in [-0.39, 0.29) is 0 Å². The Labute approximate surface area is 111 Å². The molecule has 1 fully saturated rings. The topological polar surface area (TPSA) is 15.3 Å². The van der Waals surface area contributed by atoms with Crippen LogP contribution in [0.5, 0.6) is 0 Å². The number of nitrogens with zero attached hydrogens (tertiary/aromatic N) is 1. The standard InChI is InChI=1S/C16H26N2/c1-4-14-5-7-15(8-6-14)11-18(3)13-16(9-10-16)12-17-2/h5-8,17H,4,9-13H2,1-3H3. The Morgan fingerprint density at radius 1 is 1.17 bits per heavy atom. The van der Waals surface area contributed by atoms with Gasteiger partial charge in [0, 0.05) is 19.6 Å². The van der Waals surface area contributed by atoms with Crippen molar-refractivity contribution in [3.05, 3.63) is 35.4 Å². The fraction of sp³-hybridized carbons (Fsp3) is 0.625. The van der Waals surface area contributed by atoms with Gasteiger partial charge in [-0.2, -0.15) is 0 Å². The zero-order chi connectivity index (χ0) is 13.0. The second-order valence-electron chi connectivity index (χ2n) is 5.87. The van der Waals surface area contributed by atoms with Crippen molar-refractivity contribution < 1.29 is 0 Å². The third-order valence-corrected chi connectivity index (χ3v) is 4.00. The summed E-state index contributed by atoms with van der Waals surface area (Å²) in [6, 6.07) is 9.05. The molecule has 1 aromatic carbocycles. The Morgan fingerprint density at radius 3 is 2.28 bits per heavy atom. The normalized spacial score (nSPS) is 17.1. The van der Waals surface area contributed by atoms with Crippen LogP contribution < -0.4 is 5.32 Å². The van der Waals surface area contributed by atoms with Crippen LogP contribution in [0.3, 0.4) is 0 Å². The summed E-state index contributed by atoms with van der Waals surface area (Å²) in [4.78, 5) is 2.46. The van der Waals surface area contributed by atoms with Gasteiger partial charge < -0.3 is 10.2 Å². The molecule has 0 unspecified atom stereocenters. The molecule has 1 aromatic rings. The number of benzene rings is 1. The van der Waals surface area contributed by atoms with Gasteiger partial charge in [-0.05, 0) is 49.9 Å². The number of aryl methyl sites for hydroxylation is 1. The highest BCUT2D eigenvalue weighted by Gasteiger charge is 2.42. The summed E-state index contributed by atoms with van der Waals surface area (Å²) in [5.41, 5.74) is 3.41. The second kappa shape index (κ2) is 5.85. The molecule has 0 aromatic heterocycles. The summed E-state index contributed by atoms with van der Waals surface area (Å²) < 4.78 is 0. The summed E-state index contributed by atoms with van der Waals surface area (Å²) in [7, 11) is 4.30. The van der Waals surface area contributed by atoms with Crippen LogP contribution in [0.1, 0.15) is 30.9 Å². The SMILES string of the molecule is CCc1ccc(CN(C)CC2(CNC)CC2)cc1. The van der Waals surface area contributed by atoms with Crippen LogP contribution in [0.15, 0.2) is 24.3 Å². The molecule has 1 N–H and O–H groups in total. The number of hydrogen-bond acceptors (Lipinski definition) is 2. The molecule has 1 saturated carbocycles. The van der Waals surface area contributed by atoms with E-state index in [1.54, 1.807) is 0 Å². The molecule has 1 aliphatic carbocycles. The zero-order valence-corrected chi connectivity index (χ0v) is 12.0. The van der Waals surface area contributed by atoms with E-state index in [1.165, 1.54) is 30.5 Å². The van der Waals surface area contributed by atoms with Gasteiger partial charge >= 0.3 is 0 Å². The van der Waals surface area contributed by atoms with Gasteiger partial charge in [-0.3, -0.25) is 0 Å². The van der Waals surface area contributed by atoms with Crippen molar-refractivity contribution in [1.82, 2.24) is 10.2 Å². The van der Waals surface area contributed by atoms with E-state index in [4.69, 9.17) is 0 Å². The van der Waals surface area contributed by atoms with Gasteiger partial charge in [0.1, 0.15) is 0 Å². The van der Waals surface area contributed by atoms with Crippen LogP contribution in [-0.2, 0) is 13.0 Å². The van der Waals surface area contributed by atoms with Crippen molar-refractivity contribution in [2.75, 3.05) is 27.2 Å². The highest BCUT2D eigenvalue weighted by molar-refractivity contribution is 5.22. The third-order valence-electron chi connectivity index (χ3n) is 4.00. The first-order chi connectivity index (χ1) is 8.67. The largest absolute Gasteiger partial charge is 0.319 e. The van der Waals surface area contributed by atoms with E-state index in [0.29, 0.717) is 5.41 Å². The van der Waals surface area contributed by atoms with Crippen LogP contribution in [-0.4, -0.2) is 32.1 Å². The van der Waals surface area contributed by atoms with Gasteiger partial charge in [-0.25, -0.2) is 0 Å². The summed E-state index contributed by atoms with van der Waals surface area (Å²) >= 11 is 0. The maximum Gasteiger partial charge on any atom is 0.0230 e. The van der Waals surface area contributed by atoms with Gasteiger partial charge in [0.2, 0.25) is 0 Å². The van der Waals surface area contributed by atoms with Crippen molar-refractivity contribution in [3.8, 4) is 0 Å². The monoisotopic (exact) mass is 246 g/mol. The summed E-state index contributed by atoms with van der Waals surface area (Å²) in [5, 5.41) is 3.33. The van der Waals surface area contributed by atoms with Crippen LogP contribution in [0, 0.1) is 5.41 Å². The maximum absolute atomic E-state index is 3.33. The fourth-order valence-corrected chi connectivity index (χ4v) is 2.76. The van der Waals surface area contributed by atoms with E-state index >= 15 is 0 Å². The van der Waals surface area contributed by atoms with Crippen molar-refractivity contribution in [3.63, 3.8) is 0 Å². The first-order valence-corrected chi connectivity index (χ1v) is 7.08. The number of rotatable bonds is 7. The molecule has 1 aliphatic rings. The van der Waals surface area contributed by atoms with Crippen LogP contribution in [0.25, 0.3) is 0 Å². The lowest BCUT2D eigenvalue weighted by Gasteiger charge is -2.23. The summed E-state index contributed by atoms with van der Waals surface area (Å²) in [5.74, 6) is 0. The summed E-state index contributed by atoms with van der Waals surface area (Å²) in [6.45, 7) is 5.64. The molecule has 0 heterocycles. The van der Waals surface area contributed by atoms with E-state index in [0.717, 1.165) is 19.5 Å².